The van der Waals surface area contributed by atoms with Gasteiger partial charge in [0.2, 0.25) is 11.8 Å². The summed E-state index contributed by atoms with van der Waals surface area (Å²) in [5.74, 6) is 1.05. The van der Waals surface area contributed by atoms with Crippen LogP contribution in [0.3, 0.4) is 0 Å². The van der Waals surface area contributed by atoms with Gasteiger partial charge in [0.1, 0.15) is 0 Å². The van der Waals surface area contributed by atoms with E-state index in [-0.39, 0.29) is 12.3 Å². The SMILES string of the molecule is O=[S+]C(CC(=O)NCCCCOc1cc(CN2CCCCC2)ccn1)c1ccco1. The molecule has 0 radical (unpaired) electrons. The number of likely N-dealkylation sites (tertiary alicyclic amines) is 1. The predicted octanol–water partition coefficient (Wildman–Crippen LogP) is 3.50. The molecule has 1 saturated heterocycles. The highest BCUT2D eigenvalue weighted by Crippen LogP contribution is 2.19. The number of piperidine rings is 1. The molecule has 1 aliphatic rings. The van der Waals surface area contributed by atoms with Gasteiger partial charge in [-0.15, -0.1) is 0 Å². The topological polar surface area (TPSA) is 84.7 Å². The number of carbonyl (C=O) groups is 1. The van der Waals surface area contributed by atoms with Gasteiger partial charge < -0.3 is 14.5 Å². The van der Waals surface area contributed by atoms with Gasteiger partial charge in [-0.1, -0.05) is 6.42 Å². The zero-order chi connectivity index (χ0) is 21.0. The molecular weight excluding hydrogens is 402 g/mol. The molecule has 1 atom stereocenters. The van der Waals surface area contributed by atoms with Crippen molar-refractivity contribution in [1.82, 2.24) is 15.2 Å². The van der Waals surface area contributed by atoms with E-state index in [1.807, 2.05) is 12.1 Å². The minimum Gasteiger partial charge on any atom is -0.478 e. The van der Waals surface area contributed by atoms with E-state index in [0.29, 0.717) is 36.5 Å². The quantitative estimate of drug-likeness (QED) is 0.408. The normalized spacial score (nSPS) is 15.5. The van der Waals surface area contributed by atoms with Crippen LogP contribution in [0.2, 0.25) is 0 Å². The summed E-state index contributed by atoms with van der Waals surface area (Å²) >= 11 is 0.378. The highest BCUT2D eigenvalue weighted by Gasteiger charge is 2.30. The molecule has 2 aromatic rings. The highest BCUT2D eigenvalue weighted by atomic mass is 32.1. The fraction of sp³-hybridized carbons (Fsp3) is 0.545. The molecule has 7 nitrogen and oxygen atoms in total. The molecule has 0 aromatic carbocycles. The minimum atomic E-state index is -0.494. The predicted molar refractivity (Wildman–Crippen MR) is 115 cm³/mol. The van der Waals surface area contributed by atoms with Gasteiger partial charge in [-0.3, -0.25) is 9.69 Å². The van der Waals surface area contributed by atoms with Crippen LogP contribution in [0.15, 0.2) is 41.1 Å². The molecule has 8 heteroatoms. The Morgan fingerprint density at radius 2 is 2.13 bits per heavy atom. The third kappa shape index (κ3) is 7.50. The second-order valence-electron chi connectivity index (χ2n) is 7.55. The summed E-state index contributed by atoms with van der Waals surface area (Å²) in [6.07, 6.45) is 8.95. The van der Waals surface area contributed by atoms with Crippen molar-refractivity contribution in [3.8, 4) is 5.88 Å². The molecule has 3 rings (SSSR count). The van der Waals surface area contributed by atoms with Crippen molar-refractivity contribution in [2.24, 2.45) is 0 Å². The number of carbonyl (C=O) groups excluding carboxylic acids is 1. The molecular formula is C22H30N3O4S+. The number of nitrogens with zero attached hydrogens (tertiary/aromatic N) is 2. The largest absolute Gasteiger partial charge is 0.478 e. The van der Waals surface area contributed by atoms with Crippen LogP contribution in [0.25, 0.3) is 0 Å². The van der Waals surface area contributed by atoms with Crippen molar-refractivity contribution >= 4 is 17.6 Å². The maximum atomic E-state index is 12.0. The fourth-order valence-electron chi connectivity index (χ4n) is 3.53. The Labute approximate surface area is 181 Å². The standard InChI is InChI=1S/C22H29N3O4S/c26-21(16-20(30-27)19-7-6-14-28-19)23-9-2-5-13-29-22-15-18(8-10-24-22)17-25-11-3-1-4-12-25/h6-8,10,14-15,20H,1-5,9,11-13,16-17H2/p+1. The van der Waals surface area contributed by atoms with Crippen LogP contribution in [-0.2, 0) is 27.2 Å². The molecule has 1 unspecified atom stereocenters. The zero-order valence-electron chi connectivity index (χ0n) is 17.3. The first-order chi connectivity index (χ1) is 14.7. The molecule has 0 bridgehead atoms. The number of amides is 1. The fourth-order valence-corrected chi connectivity index (χ4v) is 3.98. The van der Waals surface area contributed by atoms with Gasteiger partial charge in [0.15, 0.2) is 5.76 Å². The number of hydrogen-bond donors (Lipinski definition) is 1. The van der Waals surface area contributed by atoms with Crippen molar-refractivity contribution in [3.05, 3.63) is 48.0 Å². The third-order valence-electron chi connectivity index (χ3n) is 5.14. The molecule has 2 aromatic heterocycles. The molecule has 162 valence electrons. The Kier molecular flexibility index (Phi) is 9.24. The summed E-state index contributed by atoms with van der Waals surface area (Å²) in [5.41, 5.74) is 1.23. The van der Waals surface area contributed by atoms with Crippen LogP contribution in [0, 0.1) is 0 Å². The van der Waals surface area contributed by atoms with E-state index >= 15 is 0 Å². The van der Waals surface area contributed by atoms with Crippen molar-refractivity contribution in [2.45, 2.75) is 50.3 Å². The Bertz CT molecular complexity index is 778. The van der Waals surface area contributed by atoms with Crippen LogP contribution in [0.5, 0.6) is 5.88 Å². The summed E-state index contributed by atoms with van der Waals surface area (Å²) in [6.45, 7) is 4.39. The van der Waals surface area contributed by atoms with E-state index in [9.17, 15) is 9.00 Å². The summed E-state index contributed by atoms with van der Waals surface area (Å²) in [6, 6.07) is 7.50. The van der Waals surface area contributed by atoms with Crippen LogP contribution in [-0.4, -0.2) is 42.0 Å². The average molecular weight is 433 g/mol. The minimum absolute atomic E-state index is 0.117. The third-order valence-corrected chi connectivity index (χ3v) is 5.78. The molecule has 0 saturated carbocycles. The zero-order valence-corrected chi connectivity index (χ0v) is 18.1. The molecule has 1 aliphatic heterocycles. The van der Waals surface area contributed by atoms with Crippen LogP contribution >= 0.6 is 0 Å². The van der Waals surface area contributed by atoms with E-state index in [1.165, 1.54) is 44.2 Å². The van der Waals surface area contributed by atoms with Crippen molar-refractivity contribution in [1.29, 1.82) is 0 Å². The molecule has 3 heterocycles. The van der Waals surface area contributed by atoms with Gasteiger partial charge >= 0.3 is 16.9 Å². The number of pyridine rings is 1. The Balaban J connectivity index is 1.29. The van der Waals surface area contributed by atoms with Crippen molar-refractivity contribution < 1.29 is 18.2 Å². The lowest BCUT2D eigenvalue weighted by Crippen LogP contribution is -2.29. The van der Waals surface area contributed by atoms with Crippen molar-refractivity contribution in [2.75, 3.05) is 26.2 Å². The summed E-state index contributed by atoms with van der Waals surface area (Å²) < 4.78 is 22.2. The summed E-state index contributed by atoms with van der Waals surface area (Å²) in [5, 5.41) is 2.36. The van der Waals surface area contributed by atoms with Gasteiger partial charge in [-0.2, -0.15) is 0 Å². The number of hydrogen-bond acceptors (Lipinski definition) is 6. The summed E-state index contributed by atoms with van der Waals surface area (Å²) in [4.78, 5) is 18.8. The second-order valence-corrected chi connectivity index (χ2v) is 8.31. The lowest BCUT2D eigenvalue weighted by Gasteiger charge is -2.26. The maximum absolute atomic E-state index is 12.0. The molecule has 1 amide bonds. The Hall–Kier alpha value is -2.32. The van der Waals surface area contributed by atoms with E-state index < -0.39 is 5.25 Å². The van der Waals surface area contributed by atoms with Gasteiger partial charge in [-0.05, 0) is 62.5 Å². The first-order valence-corrected chi connectivity index (χ1v) is 11.4. The molecule has 1 fully saturated rings. The average Bonchev–Trinajstić information content (AvgIpc) is 3.30. The van der Waals surface area contributed by atoms with E-state index in [0.717, 1.165) is 19.4 Å². The van der Waals surface area contributed by atoms with E-state index in [4.69, 9.17) is 9.15 Å². The Morgan fingerprint density at radius 3 is 2.90 bits per heavy atom. The lowest BCUT2D eigenvalue weighted by atomic mass is 10.1. The maximum Gasteiger partial charge on any atom is 0.471 e. The van der Waals surface area contributed by atoms with Crippen LogP contribution in [0.4, 0.5) is 0 Å². The number of rotatable bonds is 12. The second kappa shape index (κ2) is 12.4. The van der Waals surface area contributed by atoms with Gasteiger partial charge in [0, 0.05) is 29.6 Å². The van der Waals surface area contributed by atoms with E-state index in [1.54, 1.807) is 18.3 Å². The number of nitrogens with one attached hydrogen (secondary N) is 1. The van der Waals surface area contributed by atoms with Crippen LogP contribution < -0.4 is 10.1 Å². The highest BCUT2D eigenvalue weighted by molar-refractivity contribution is 7.65. The Morgan fingerprint density at radius 1 is 1.27 bits per heavy atom. The first-order valence-electron chi connectivity index (χ1n) is 10.6. The number of aromatic nitrogens is 1. The smallest absolute Gasteiger partial charge is 0.471 e. The molecule has 0 aliphatic carbocycles. The van der Waals surface area contributed by atoms with Gasteiger partial charge in [0.05, 0.1) is 19.3 Å². The molecule has 30 heavy (non-hydrogen) atoms. The molecule has 1 N–H and O–H groups in total. The monoisotopic (exact) mass is 432 g/mol. The number of unbranched alkanes of at least 4 members (excludes halogenated alkanes) is 1. The number of furan rings is 1. The van der Waals surface area contributed by atoms with Gasteiger partial charge in [0.25, 0.3) is 0 Å². The summed E-state index contributed by atoms with van der Waals surface area (Å²) in [7, 11) is 0. The molecule has 0 spiro atoms. The first kappa shape index (κ1) is 22.4. The van der Waals surface area contributed by atoms with Gasteiger partial charge in [-0.25, -0.2) is 4.98 Å². The van der Waals surface area contributed by atoms with E-state index in [2.05, 4.69) is 15.2 Å². The van der Waals surface area contributed by atoms with Crippen molar-refractivity contribution in [3.63, 3.8) is 0 Å². The van der Waals surface area contributed by atoms with Crippen LogP contribution in [0.1, 0.15) is 55.1 Å². The lowest BCUT2D eigenvalue weighted by molar-refractivity contribution is -0.121. The number of ether oxygens (including phenoxy) is 1.